The van der Waals surface area contributed by atoms with E-state index >= 15 is 0 Å². The molecule has 2 heterocycles. The van der Waals surface area contributed by atoms with Gasteiger partial charge in [0.05, 0.1) is 11.7 Å². The number of hydrogen-bond acceptors (Lipinski definition) is 4. The Balaban J connectivity index is 1.65. The molecule has 1 unspecified atom stereocenters. The highest BCUT2D eigenvalue weighted by molar-refractivity contribution is 6.05. The van der Waals surface area contributed by atoms with Crippen LogP contribution in [-0.2, 0) is 0 Å². The van der Waals surface area contributed by atoms with Crippen molar-refractivity contribution in [2.45, 2.75) is 19.4 Å². The van der Waals surface area contributed by atoms with Crippen molar-refractivity contribution >= 4 is 17.2 Å². The van der Waals surface area contributed by atoms with E-state index in [1.807, 2.05) is 42.5 Å². The zero-order valence-electron chi connectivity index (χ0n) is 15.7. The number of para-hydroxylation sites is 1. The first kappa shape index (κ1) is 16.9. The van der Waals surface area contributed by atoms with Crippen LogP contribution in [0.15, 0.2) is 66.7 Å². The molecule has 1 atom stereocenters. The summed E-state index contributed by atoms with van der Waals surface area (Å²) in [7, 11) is 0. The van der Waals surface area contributed by atoms with Crippen LogP contribution in [0.4, 0.5) is 11.4 Å². The summed E-state index contributed by atoms with van der Waals surface area (Å²) in [4.78, 5) is 15.2. The molecule has 0 aliphatic carbocycles. The van der Waals surface area contributed by atoms with Crippen molar-refractivity contribution in [2.24, 2.45) is 0 Å². The number of Topliss-reactive ketones (excluding diaryl/α,β-unsaturated/α-hetero) is 1. The summed E-state index contributed by atoms with van der Waals surface area (Å²) in [5, 5.41) is 0. The van der Waals surface area contributed by atoms with Crippen LogP contribution >= 0.6 is 0 Å². The van der Waals surface area contributed by atoms with E-state index in [0.717, 1.165) is 34.0 Å². The van der Waals surface area contributed by atoms with Crippen molar-refractivity contribution in [1.82, 2.24) is 0 Å². The molecule has 3 aromatic carbocycles. The molecule has 0 saturated heterocycles. The second-order valence-corrected chi connectivity index (χ2v) is 7.27. The van der Waals surface area contributed by atoms with Crippen LogP contribution in [-0.4, -0.2) is 19.0 Å². The first-order valence-corrected chi connectivity index (χ1v) is 9.58. The van der Waals surface area contributed by atoms with Gasteiger partial charge in [0, 0.05) is 17.7 Å². The molecule has 2 aliphatic heterocycles. The van der Waals surface area contributed by atoms with E-state index in [0.29, 0.717) is 19.6 Å². The average Bonchev–Trinajstić information content (AvgIpc) is 2.74. The van der Waals surface area contributed by atoms with Crippen molar-refractivity contribution in [1.29, 1.82) is 0 Å². The molecule has 140 valence electrons. The van der Waals surface area contributed by atoms with Crippen LogP contribution in [0, 0.1) is 6.92 Å². The van der Waals surface area contributed by atoms with Crippen LogP contribution in [0.2, 0.25) is 0 Å². The Bertz CT molecular complexity index is 1040. The lowest BCUT2D eigenvalue weighted by atomic mass is 9.89. The minimum Gasteiger partial charge on any atom is -0.486 e. The number of rotatable bonds is 2. The van der Waals surface area contributed by atoms with E-state index in [4.69, 9.17) is 9.47 Å². The van der Waals surface area contributed by atoms with Crippen molar-refractivity contribution in [2.75, 3.05) is 18.1 Å². The summed E-state index contributed by atoms with van der Waals surface area (Å²) in [5.41, 5.74) is 5.05. The predicted octanol–water partition coefficient (Wildman–Crippen LogP) is 5.23. The van der Waals surface area contributed by atoms with Gasteiger partial charge in [-0.15, -0.1) is 0 Å². The highest BCUT2D eigenvalue weighted by atomic mass is 16.6. The standard InChI is InChI=1S/C24H21NO3/c1-16-6-9-18(10-7-16)25-20-5-3-2-4-19(20)22(26)15-21(25)17-8-11-23-24(14-17)28-13-12-27-23/h2-11,14,21H,12-13,15H2,1H3. The van der Waals surface area contributed by atoms with E-state index in [1.54, 1.807) is 0 Å². The third-order valence-electron chi connectivity index (χ3n) is 5.42. The van der Waals surface area contributed by atoms with Crippen molar-refractivity contribution in [3.8, 4) is 11.5 Å². The number of ketones is 1. The summed E-state index contributed by atoms with van der Waals surface area (Å²) in [6.07, 6.45) is 0.421. The number of carbonyl (C=O) groups is 1. The van der Waals surface area contributed by atoms with Crippen molar-refractivity contribution in [3.63, 3.8) is 0 Å². The molecule has 0 saturated carbocycles. The zero-order valence-corrected chi connectivity index (χ0v) is 15.7. The Labute approximate surface area is 164 Å². The van der Waals surface area contributed by atoms with Crippen LogP contribution in [0.25, 0.3) is 0 Å². The quantitative estimate of drug-likeness (QED) is 0.618. The third-order valence-corrected chi connectivity index (χ3v) is 5.42. The molecule has 2 aliphatic rings. The van der Waals surface area contributed by atoms with Crippen LogP contribution in [0.5, 0.6) is 11.5 Å². The summed E-state index contributed by atoms with van der Waals surface area (Å²) in [5.74, 6) is 1.68. The molecule has 0 amide bonds. The van der Waals surface area contributed by atoms with E-state index < -0.39 is 0 Å². The van der Waals surface area contributed by atoms with E-state index in [9.17, 15) is 4.79 Å². The monoisotopic (exact) mass is 371 g/mol. The molecule has 0 fully saturated rings. The number of hydrogen-bond donors (Lipinski definition) is 0. The van der Waals surface area contributed by atoms with Gasteiger partial charge in [-0.2, -0.15) is 0 Å². The van der Waals surface area contributed by atoms with Gasteiger partial charge in [0.2, 0.25) is 0 Å². The molecule has 0 aromatic heterocycles. The first-order chi connectivity index (χ1) is 13.7. The average molecular weight is 371 g/mol. The molecule has 0 bridgehead atoms. The van der Waals surface area contributed by atoms with Gasteiger partial charge in [0.1, 0.15) is 13.2 Å². The van der Waals surface area contributed by atoms with Crippen LogP contribution in [0.1, 0.15) is 33.9 Å². The second-order valence-electron chi connectivity index (χ2n) is 7.27. The van der Waals surface area contributed by atoms with Gasteiger partial charge in [-0.05, 0) is 48.9 Å². The fraction of sp³-hybridized carbons (Fsp3) is 0.208. The SMILES string of the molecule is Cc1ccc(N2c3ccccc3C(=O)CC2c2ccc3c(c2)OCCO3)cc1. The molecule has 4 heteroatoms. The van der Waals surface area contributed by atoms with Crippen molar-refractivity contribution < 1.29 is 14.3 Å². The summed E-state index contributed by atoms with van der Waals surface area (Å²) in [6, 6.07) is 22.2. The normalized spacial score (nSPS) is 18.0. The fourth-order valence-corrected chi connectivity index (χ4v) is 4.02. The summed E-state index contributed by atoms with van der Waals surface area (Å²) < 4.78 is 11.4. The van der Waals surface area contributed by atoms with Gasteiger partial charge in [-0.3, -0.25) is 4.79 Å². The molecular weight excluding hydrogens is 350 g/mol. The number of carbonyl (C=O) groups excluding carboxylic acids is 1. The Morgan fingerprint density at radius 3 is 2.46 bits per heavy atom. The number of nitrogens with zero attached hydrogens (tertiary/aromatic N) is 1. The Kier molecular flexibility index (Phi) is 4.05. The van der Waals surface area contributed by atoms with Gasteiger partial charge in [-0.25, -0.2) is 0 Å². The predicted molar refractivity (Wildman–Crippen MR) is 109 cm³/mol. The molecule has 4 nitrogen and oxygen atoms in total. The molecule has 3 aromatic rings. The molecule has 0 spiro atoms. The fourth-order valence-electron chi connectivity index (χ4n) is 4.02. The minimum absolute atomic E-state index is 0.0964. The Morgan fingerprint density at radius 2 is 1.64 bits per heavy atom. The number of anilines is 2. The maximum absolute atomic E-state index is 12.9. The van der Waals surface area contributed by atoms with Gasteiger partial charge < -0.3 is 14.4 Å². The Morgan fingerprint density at radius 1 is 0.893 bits per heavy atom. The van der Waals surface area contributed by atoms with Crippen molar-refractivity contribution in [3.05, 3.63) is 83.4 Å². The topological polar surface area (TPSA) is 38.8 Å². The number of benzene rings is 3. The van der Waals surface area contributed by atoms with Gasteiger partial charge in [0.25, 0.3) is 0 Å². The van der Waals surface area contributed by atoms with Gasteiger partial charge >= 0.3 is 0 Å². The zero-order chi connectivity index (χ0) is 19.1. The van der Waals surface area contributed by atoms with Crippen LogP contribution in [0.3, 0.4) is 0 Å². The molecule has 0 radical (unpaired) electrons. The second kappa shape index (κ2) is 6.71. The summed E-state index contributed by atoms with van der Waals surface area (Å²) in [6.45, 7) is 3.19. The minimum atomic E-state index is -0.0964. The molecule has 28 heavy (non-hydrogen) atoms. The molecule has 0 N–H and O–H groups in total. The lowest BCUT2D eigenvalue weighted by Crippen LogP contribution is -2.32. The maximum Gasteiger partial charge on any atom is 0.167 e. The van der Waals surface area contributed by atoms with E-state index in [1.165, 1.54) is 5.56 Å². The third kappa shape index (κ3) is 2.82. The van der Waals surface area contributed by atoms with E-state index in [-0.39, 0.29) is 11.8 Å². The van der Waals surface area contributed by atoms with Gasteiger partial charge in [0.15, 0.2) is 17.3 Å². The maximum atomic E-state index is 12.9. The number of aryl methyl sites for hydroxylation is 1. The number of fused-ring (bicyclic) bond motifs is 2. The molecule has 5 rings (SSSR count). The highest BCUT2D eigenvalue weighted by Gasteiger charge is 2.33. The van der Waals surface area contributed by atoms with E-state index in [2.05, 4.69) is 36.1 Å². The lowest BCUT2D eigenvalue weighted by molar-refractivity contribution is 0.0968. The highest BCUT2D eigenvalue weighted by Crippen LogP contribution is 2.45. The van der Waals surface area contributed by atoms with Crippen LogP contribution < -0.4 is 14.4 Å². The Hall–Kier alpha value is -3.27. The number of ether oxygens (including phenoxy) is 2. The smallest absolute Gasteiger partial charge is 0.167 e. The van der Waals surface area contributed by atoms with Gasteiger partial charge in [-0.1, -0.05) is 35.9 Å². The lowest BCUT2D eigenvalue weighted by Gasteiger charge is -2.39. The molecular formula is C24H21NO3. The first-order valence-electron chi connectivity index (χ1n) is 9.58. The largest absolute Gasteiger partial charge is 0.486 e. The summed E-state index contributed by atoms with van der Waals surface area (Å²) >= 11 is 0.